The molecular weight excluding hydrogens is 238 g/mol. The molecule has 100 valence electrons. The van der Waals surface area contributed by atoms with E-state index in [-0.39, 0.29) is 12.0 Å². The van der Waals surface area contributed by atoms with Crippen molar-refractivity contribution < 1.29 is 9.84 Å². The summed E-state index contributed by atoms with van der Waals surface area (Å²) >= 11 is 0. The first-order valence-corrected chi connectivity index (χ1v) is 6.62. The highest BCUT2D eigenvalue weighted by molar-refractivity contribution is 5.89. The van der Waals surface area contributed by atoms with Crippen LogP contribution in [0.5, 0.6) is 5.75 Å². The van der Waals surface area contributed by atoms with Gasteiger partial charge in [0.2, 0.25) is 0 Å². The number of ether oxygens (including phenoxy) is 1. The summed E-state index contributed by atoms with van der Waals surface area (Å²) in [5.41, 5.74) is 6.88. The van der Waals surface area contributed by atoms with Crippen molar-refractivity contribution in [2.24, 2.45) is 11.1 Å². The lowest BCUT2D eigenvalue weighted by atomic mass is 9.94. The van der Waals surface area contributed by atoms with Gasteiger partial charge in [0, 0.05) is 17.5 Å². The van der Waals surface area contributed by atoms with Crippen LogP contribution < -0.4 is 10.5 Å². The van der Waals surface area contributed by atoms with Crippen LogP contribution in [0.4, 0.5) is 0 Å². The van der Waals surface area contributed by atoms with Crippen LogP contribution in [-0.4, -0.2) is 25.4 Å². The van der Waals surface area contributed by atoms with Crippen molar-refractivity contribution in [1.82, 2.24) is 0 Å². The lowest BCUT2D eigenvalue weighted by Gasteiger charge is -2.16. The van der Waals surface area contributed by atoms with E-state index >= 15 is 0 Å². The normalized spacial score (nSPS) is 25.5. The first-order chi connectivity index (χ1) is 9.25. The second-order valence-corrected chi connectivity index (χ2v) is 5.38. The Morgan fingerprint density at radius 3 is 2.74 bits per heavy atom. The third-order valence-electron chi connectivity index (χ3n) is 4.41. The Morgan fingerprint density at radius 2 is 2.11 bits per heavy atom. The zero-order valence-electron chi connectivity index (χ0n) is 11.1. The van der Waals surface area contributed by atoms with Gasteiger partial charge in [-0.25, -0.2) is 0 Å². The zero-order valence-corrected chi connectivity index (χ0v) is 11.1. The van der Waals surface area contributed by atoms with E-state index in [9.17, 15) is 5.11 Å². The van der Waals surface area contributed by atoms with Crippen molar-refractivity contribution in [2.75, 3.05) is 20.3 Å². The number of fused-ring (bicyclic) bond motifs is 1. The number of benzene rings is 2. The summed E-state index contributed by atoms with van der Waals surface area (Å²) < 4.78 is 5.51. The van der Waals surface area contributed by atoms with Gasteiger partial charge < -0.3 is 15.6 Å². The van der Waals surface area contributed by atoms with Crippen LogP contribution in [0, 0.1) is 5.41 Å². The van der Waals surface area contributed by atoms with Crippen LogP contribution in [0.3, 0.4) is 0 Å². The number of hydrogen-bond donors (Lipinski definition) is 2. The van der Waals surface area contributed by atoms with Crippen LogP contribution >= 0.6 is 0 Å². The van der Waals surface area contributed by atoms with Crippen molar-refractivity contribution in [2.45, 2.75) is 12.3 Å². The van der Waals surface area contributed by atoms with E-state index in [0.29, 0.717) is 12.5 Å². The molecule has 0 aromatic heterocycles. The van der Waals surface area contributed by atoms with Gasteiger partial charge in [-0.1, -0.05) is 30.3 Å². The largest absolute Gasteiger partial charge is 0.496 e. The Labute approximate surface area is 113 Å². The molecule has 0 spiro atoms. The highest BCUT2D eigenvalue weighted by atomic mass is 16.5. The third-order valence-corrected chi connectivity index (χ3v) is 4.41. The molecule has 0 bridgehead atoms. The van der Waals surface area contributed by atoms with Gasteiger partial charge >= 0.3 is 0 Å². The van der Waals surface area contributed by atoms with Crippen molar-refractivity contribution >= 4 is 10.8 Å². The van der Waals surface area contributed by atoms with E-state index in [4.69, 9.17) is 10.5 Å². The molecule has 2 atom stereocenters. The minimum Gasteiger partial charge on any atom is -0.496 e. The van der Waals surface area contributed by atoms with Crippen LogP contribution in [0.2, 0.25) is 0 Å². The maximum Gasteiger partial charge on any atom is 0.122 e. The fourth-order valence-electron chi connectivity index (χ4n) is 3.03. The lowest BCUT2D eigenvalue weighted by Crippen LogP contribution is -2.21. The van der Waals surface area contributed by atoms with E-state index in [1.807, 2.05) is 18.2 Å². The molecule has 3 N–H and O–H groups in total. The Morgan fingerprint density at radius 1 is 1.32 bits per heavy atom. The third kappa shape index (κ3) is 1.81. The summed E-state index contributed by atoms with van der Waals surface area (Å²) in [6.45, 7) is 0.654. The molecule has 0 unspecified atom stereocenters. The summed E-state index contributed by atoms with van der Waals surface area (Å²) in [5.74, 6) is 1.19. The first kappa shape index (κ1) is 12.5. The SMILES string of the molecule is COc1ccc2ccccc2c1[C@H]1C[C@]1(CN)CO. The Bertz CT molecular complexity index is 605. The van der Waals surface area contributed by atoms with E-state index in [0.717, 1.165) is 12.2 Å². The highest BCUT2D eigenvalue weighted by Crippen LogP contribution is 2.61. The molecule has 0 saturated heterocycles. The van der Waals surface area contributed by atoms with Gasteiger partial charge in [0.15, 0.2) is 0 Å². The predicted octanol–water partition coefficient (Wildman–Crippen LogP) is 2.27. The number of rotatable bonds is 4. The number of methoxy groups -OCH3 is 1. The van der Waals surface area contributed by atoms with Crippen molar-refractivity contribution in [3.63, 3.8) is 0 Å². The fraction of sp³-hybridized carbons (Fsp3) is 0.375. The van der Waals surface area contributed by atoms with Crippen LogP contribution in [0.1, 0.15) is 17.9 Å². The van der Waals surface area contributed by atoms with Crippen molar-refractivity contribution in [3.8, 4) is 5.75 Å². The monoisotopic (exact) mass is 257 g/mol. The van der Waals surface area contributed by atoms with Crippen LogP contribution in [0.15, 0.2) is 36.4 Å². The Kier molecular flexibility index (Phi) is 2.96. The topological polar surface area (TPSA) is 55.5 Å². The molecule has 2 aromatic carbocycles. The summed E-state index contributed by atoms with van der Waals surface area (Å²) in [5, 5.41) is 12.0. The van der Waals surface area contributed by atoms with E-state index in [1.165, 1.54) is 16.3 Å². The van der Waals surface area contributed by atoms with Gasteiger partial charge in [-0.3, -0.25) is 0 Å². The molecule has 1 saturated carbocycles. The van der Waals surface area contributed by atoms with Gasteiger partial charge in [-0.15, -0.1) is 0 Å². The van der Waals surface area contributed by atoms with Crippen molar-refractivity contribution in [1.29, 1.82) is 0 Å². The fourth-order valence-corrected chi connectivity index (χ4v) is 3.03. The maximum atomic E-state index is 9.60. The molecular formula is C16H19NO2. The van der Waals surface area contributed by atoms with Gasteiger partial charge in [0.05, 0.1) is 13.7 Å². The van der Waals surface area contributed by atoms with Crippen LogP contribution in [0.25, 0.3) is 10.8 Å². The summed E-state index contributed by atoms with van der Waals surface area (Å²) in [6.07, 6.45) is 0.935. The average molecular weight is 257 g/mol. The molecule has 3 nitrogen and oxygen atoms in total. The van der Waals surface area contributed by atoms with Gasteiger partial charge in [0.25, 0.3) is 0 Å². The van der Waals surface area contributed by atoms with Crippen LogP contribution in [-0.2, 0) is 0 Å². The molecule has 2 aromatic rings. The number of nitrogens with two attached hydrogens (primary N) is 1. The molecule has 1 aliphatic carbocycles. The molecule has 1 aliphatic rings. The maximum absolute atomic E-state index is 9.60. The molecule has 0 amide bonds. The van der Waals surface area contributed by atoms with E-state index in [1.54, 1.807) is 7.11 Å². The molecule has 19 heavy (non-hydrogen) atoms. The zero-order chi connectivity index (χ0) is 13.5. The smallest absolute Gasteiger partial charge is 0.122 e. The number of aliphatic hydroxyl groups excluding tert-OH is 1. The molecule has 0 heterocycles. The molecule has 1 fully saturated rings. The van der Waals surface area contributed by atoms with E-state index < -0.39 is 0 Å². The van der Waals surface area contributed by atoms with Crippen molar-refractivity contribution in [3.05, 3.63) is 42.0 Å². The molecule has 3 heteroatoms. The summed E-state index contributed by atoms with van der Waals surface area (Å²) in [7, 11) is 1.69. The van der Waals surface area contributed by atoms with Gasteiger partial charge in [-0.2, -0.15) is 0 Å². The highest BCUT2D eigenvalue weighted by Gasteiger charge is 2.54. The second kappa shape index (κ2) is 4.51. The molecule has 0 aliphatic heterocycles. The Balaban J connectivity index is 2.17. The van der Waals surface area contributed by atoms with Gasteiger partial charge in [0.1, 0.15) is 5.75 Å². The summed E-state index contributed by atoms with van der Waals surface area (Å²) in [4.78, 5) is 0. The lowest BCUT2D eigenvalue weighted by molar-refractivity contribution is 0.211. The van der Waals surface area contributed by atoms with E-state index in [2.05, 4.69) is 18.2 Å². The average Bonchev–Trinajstić information content (AvgIpc) is 3.20. The minimum atomic E-state index is -0.155. The quantitative estimate of drug-likeness (QED) is 0.883. The van der Waals surface area contributed by atoms with Gasteiger partial charge in [-0.05, 0) is 29.2 Å². The minimum absolute atomic E-state index is 0.139. The summed E-state index contributed by atoms with van der Waals surface area (Å²) in [6, 6.07) is 12.4. The Hall–Kier alpha value is -1.58. The molecule has 0 radical (unpaired) electrons. The first-order valence-electron chi connectivity index (χ1n) is 6.62. The second-order valence-electron chi connectivity index (χ2n) is 5.38. The predicted molar refractivity (Wildman–Crippen MR) is 76.4 cm³/mol. The number of hydrogen-bond acceptors (Lipinski definition) is 3. The number of aliphatic hydroxyl groups is 1. The standard InChI is InChI=1S/C16H19NO2/c1-19-14-7-6-11-4-2-3-5-12(11)15(14)13-8-16(13,9-17)10-18/h2-7,13,18H,8-10,17H2,1H3/t13-,16+/m1/s1. The molecule has 3 rings (SSSR count).